The van der Waals surface area contributed by atoms with Crippen LogP contribution in [-0.2, 0) is 4.74 Å². The number of aromatic carboxylic acids is 1. The SMILES string of the molecule is Cc1ccc(Br)c(O[C@@H]2CCCOC2)c1C(=O)O. The maximum atomic E-state index is 11.3. The first-order valence-corrected chi connectivity index (χ1v) is 6.65. The molecule has 18 heavy (non-hydrogen) atoms. The average Bonchev–Trinajstić information content (AvgIpc) is 2.35. The number of rotatable bonds is 3. The van der Waals surface area contributed by atoms with Gasteiger partial charge in [-0.2, -0.15) is 0 Å². The lowest BCUT2D eigenvalue weighted by atomic mass is 10.1. The molecule has 0 spiro atoms. The number of aryl methyl sites for hydroxylation is 1. The molecule has 1 heterocycles. The third kappa shape index (κ3) is 2.84. The van der Waals surface area contributed by atoms with Crippen molar-refractivity contribution >= 4 is 21.9 Å². The lowest BCUT2D eigenvalue weighted by molar-refractivity contribution is 0.00643. The summed E-state index contributed by atoms with van der Waals surface area (Å²) in [5.41, 5.74) is 0.910. The van der Waals surface area contributed by atoms with Crippen molar-refractivity contribution < 1.29 is 19.4 Å². The van der Waals surface area contributed by atoms with E-state index in [4.69, 9.17) is 9.47 Å². The molecule has 98 valence electrons. The molecule has 0 radical (unpaired) electrons. The minimum atomic E-state index is -0.972. The Labute approximate surface area is 114 Å². The number of carboxylic acid groups (broad SMARTS) is 1. The first-order valence-electron chi connectivity index (χ1n) is 5.86. The minimum Gasteiger partial charge on any atom is -0.486 e. The van der Waals surface area contributed by atoms with E-state index in [9.17, 15) is 9.90 Å². The molecule has 1 fully saturated rings. The number of ether oxygens (including phenoxy) is 2. The molecule has 0 unspecified atom stereocenters. The monoisotopic (exact) mass is 314 g/mol. The molecule has 0 amide bonds. The van der Waals surface area contributed by atoms with Crippen LogP contribution >= 0.6 is 15.9 Å². The fraction of sp³-hybridized carbons (Fsp3) is 0.462. The predicted molar refractivity (Wildman–Crippen MR) is 70.3 cm³/mol. The second-order valence-electron chi connectivity index (χ2n) is 4.33. The number of halogens is 1. The number of hydrogen-bond donors (Lipinski definition) is 1. The molecule has 4 nitrogen and oxygen atoms in total. The van der Waals surface area contributed by atoms with Gasteiger partial charge in [-0.1, -0.05) is 6.07 Å². The quantitative estimate of drug-likeness (QED) is 0.931. The van der Waals surface area contributed by atoms with Gasteiger partial charge in [0.15, 0.2) is 0 Å². The predicted octanol–water partition coefficient (Wildman–Crippen LogP) is 3.01. The summed E-state index contributed by atoms with van der Waals surface area (Å²) in [4.78, 5) is 11.3. The second-order valence-corrected chi connectivity index (χ2v) is 5.18. The number of carboxylic acids is 1. The number of hydrogen-bond acceptors (Lipinski definition) is 3. The van der Waals surface area contributed by atoms with Crippen molar-refractivity contribution in [3.8, 4) is 5.75 Å². The number of carbonyl (C=O) groups is 1. The Morgan fingerprint density at radius 1 is 1.56 bits per heavy atom. The Kier molecular flexibility index (Phi) is 4.24. The van der Waals surface area contributed by atoms with Crippen molar-refractivity contribution in [2.75, 3.05) is 13.2 Å². The van der Waals surface area contributed by atoms with Crippen molar-refractivity contribution in [3.05, 3.63) is 27.7 Å². The Balaban J connectivity index is 2.30. The van der Waals surface area contributed by atoms with Gasteiger partial charge in [0, 0.05) is 6.61 Å². The van der Waals surface area contributed by atoms with Crippen molar-refractivity contribution in [1.82, 2.24) is 0 Å². The zero-order chi connectivity index (χ0) is 13.1. The van der Waals surface area contributed by atoms with Gasteiger partial charge in [-0.25, -0.2) is 4.79 Å². The van der Waals surface area contributed by atoms with E-state index in [2.05, 4.69) is 15.9 Å². The summed E-state index contributed by atoms with van der Waals surface area (Å²) in [6.07, 6.45) is 1.76. The first-order chi connectivity index (χ1) is 8.59. The van der Waals surface area contributed by atoms with E-state index in [1.54, 1.807) is 19.1 Å². The molecular weight excluding hydrogens is 300 g/mol. The van der Waals surface area contributed by atoms with Crippen LogP contribution in [0.5, 0.6) is 5.75 Å². The molecule has 2 rings (SSSR count). The summed E-state index contributed by atoms with van der Waals surface area (Å²) in [6, 6.07) is 3.57. The summed E-state index contributed by atoms with van der Waals surface area (Å²) in [7, 11) is 0. The molecule has 0 bridgehead atoms. The van der Waals surface area contributed by atoms with Crippen LogP contribution in [0.1, 0.15) is 28.8 Å². The Bertz CT molecular complexity index is 453. The molecule has 0 aliphatic carbocycles. The zero-order valence-electron chi connectivity index (χ0n) is 10.1. The van der Waals surface area contributed by atoms with E-state index in [-0.39, 0.29) is 11.7 Å². The molecule has 1 aliphatic heterocycles. The first kappa shape index (κ1) is 13.4. The van der Waals surface area contributed by atoms with Gasteiger partial charge in [0.05, 0.1) is 11.1 Å². The van der Waals surface area contributed by atoms with Gasteiger partial charge in [-0.05, 0) is 47.3 Å². The highest BCUT2D eigenvalue weighted by molar-refractivity contribution is 9.10. The highest BCUT2D eigenvalue weighted by Crippen LogP contribution is 2.33. The van der Waals surface area contributed by atoms with E-state index in [0.717, 1.165) is 19.4 Å². The fourth-order valence-corrected chi connectivity index (χ4v) is 2.43. The van der Waals surface area contributed by atoms with Crippen LogP contribution in [0, 0.1) is 6.92 Å². The molecule has 1 N–H and O–H groups in total. The molecule has 0 saturated carbocycles. The van der Waals surface area contributed by atoms with Crippen LogP contribution in [0.25, 0.3) is 0 Å². The Morgan fingerprint density at radius 2 is 2.33 bits per heavy atom. The van der Waals surface area contributed by atoms with Crippen LogP contribution in [0.3, 0.4) is 0 Å². The van der Waals surface area contributed by atoms with Gasteiger partial charge >= 0.3 is 5.97 Å². The molecule has 1 aliphatic rings. The zero-order valence-corrected chi connectivity index (χ0v) is 11.7. The van der Waals surface area contributed by atoms with Gasteiger partial charge in [-0.15, -0.1) is 0 Å². The molecule has 1 aromatic carbocycles. The summed E-state index contributed by atoms with van der Waals surface area (Å²) in [6.45, 7) is 3.03. The fourth-order valence-electron chi connectivity index (χ4n) is 2.01. The Morgan fingerprint density at radius 3 is 2.94 bits per heavy atom. The van der Waals surface area contributed by atoms with Crippen LogP contribution < -0.4 is 4.74 Å². The summed E-state index contributed by atoms with van der Waals surface area (Å²) < 4.78 is 11.8. The second kappa shape index (κ2) is 5.71. The summed E-state index contributed by atoms with van der Waals surface area (Å²) >= 11 is 3.35. The largest absolute Gasteiger partial charge is 0.486 e. The maximum absolute atomic E-state index is 11.3. The van der Waals surface area contributed by atoms with Gasteiger partial charge in [0.1, 0.15) is 17.4 Å². The average molecular weight is 315 g/mol. The van der Waals surface area contributed by atoms with E-state index in [1.807, 2.05) is 0 Å². The normalized spacial score (nSPS) is 19.6. The minimum absolute atomic E-state index is 0.0741. The Hall–Kier alpha value is -1.07. The summed E-state index contributed by atoms with van der Waals surface area (Å²) in [5.74, 6) is -0.571. The molecule has 1 atom stereocenters. The highest BCUT2D eigenvalue weighted by atomic mass is 79.9. The smallest absolute Gasteiger partial charge is 0.339 e. The van der Waals surface area contributed by atoms with Crippen molar-refractivity contribution in [3.63, 3.8) is 0 Å². The summed E-state index contributed by atoms with van der Waals surface area (Å²) in [5, 5.41) is 9.27. The van der Waals surface area contributed by atoms with Gasteiger partial charge in [0.25, 0.3) is 0 Å². The van der Waals surface area contributed by atoms with Gasteiger partial charge < -0.3 is 14.6 Å². The topological polar surface area (TPSA) is 55.8 Å². The van der Waals surface area contributed by atoms with Crippen LogP contribution in [0.4, 0.5) is 0 Å². The van der Waals surface area contributed by atoms with E-state index in [1.165, 1.54) is 0 Å². The van der Waals surface area contributed by atoms with Gasteiger partial charge in [0.2, 0.25) is 0 Å². The standard InChI is InChI=1S/C13H15BrO4/c1-8-4-5-10(14)12(11(8)13(15)16)18-9-3-2-6-17-7-9/h4-5,9H,2-3,6-7H2,1H3,(H,15,16)/t9-/m1/s1. The van der Waals surface area contributed by atoms with E-state index < -0.39 is 5.97 Å². The lowest BCUT2D eigenvalue weighted by Crippen LogP contribution is -2.28. The molecule has 0 aromatic heterocycles. The van der Waals surface area contributed by atoms with Crippen molar-refractivity contribution in [2.24, 2.45) is 0 Å². The molecular formula is C13H15BrO4. The van der Waals surface area contributed by atoms with E-state index >= 15 is 0 Å². The van der Waals surface area contributed by atoms with Crippen molar-refractivity contribution in [1.29, 1.82) is 0 Å². The molecule has 1 saturated heterocycles. The van der Waals surface area contributed by atoms with E-state index in [0.29, 0.717) is 22.4 Å². The van der Waals surface area contributed by atoms with Crippen LogP contribution in [-0.4, -0.2) is 30.4 Å². The molecule has 1 aromatic rings. The maximum Gasteiger partial charge on any atom is 0.339 e. The van der Waals surface area contributed by atoms with Crippen LogP contribution in [0.15, 0.2) is 16.6 Å². The third-order valence-corrected chi connectivity index (χ3v) is 3.56. The molecule has 5 heteroatoms. The van der Waals surface area contributed by atoms with Gasteiger partial charge in [-0.3, -0.25) is 0 Å². The third-order valence-electron chi connectivity index (χ3n) is 2.93. The van der Waals surface area contributed by atoms with Crippen molar-refractivity contribution in [2.45, 2.75) is 25.9 Å². The number of benzene rings is 1. The highest BCUT2D eigenvalue weighted by Gasteiger charge is 2.22. The van der Waals surface area contributed by atoms with Crippen LogP contribution in [0.2, 0.25) is 0 Å². The lowest BCUT2D eigenvalue weighted by Gasteiger charge is -2.25.